The summed E-state index contributed by atoms with van der Waals surface area (Å²) in [7, 11) is 0. The van der Waals surface area contributed by atoms with Crippen molar-refractivity contribution in [1.82, 2.24) is 10.2 Å². The van der Waals surface area contributed by atoms with Crippen LogP contribution in [0.5, 0.6) is 11.5 Å². The number of nitrogens with one attached hydrogen (secondary N) is 1. The summed E-state index contributed by atoms with van der Waals surface area (Å²) >= 11 is 0. The molecule has 1 aromatic carbocycles. The van der Waals surface area contributed by atoms with Crippen LogP contribution in [0.2, 0.25) is 0 Å². The van der Waals surface area contributed by atoms with E-state index in [4.69, 9.17) is 14.2 Å². The van der Waals surface area contributed by atoms with Crippen molar-refractivity contribution >= 4 is 11.9 Å². The minimum Gasteiger partial charge on any atom is -0.486 e. The Morgan fingerprint density at radius 3 is 2.50 bits per heavy atom. The largest absolute Gasteiger partial charge is 0.486 e. The monoisotopic (exact) mass is 446 g/mol. The highest BCUT2D eigenvalue weighted by Gasteiger charge is 2.31. The van der Waals surface area contributed by atoms with Crippen molar-refractivity contribution in [2.75, 3.05) is 32.8 Å². The van der Waals surface area contributed by atoms with E-state index in [2.05, 4.69) is 17.1 Å². The number of nitrogens with zero attached hydrogens (tertiary/aromatic N) is 1. The summed E-state index contributed by atoms with van der Waals surface area (Å²) in [5, 5.41) is 3.19. The molecule has 1 N–H and O–H groups in total. The van der Waals surface area contributed by atoms with Crippen LogP contribution in [-0.4, -0.2) is 55.7 Å². The number of ether oxygens (including phenoxy) is 3. The molecule has 7 heteroatoms. The van der Waals surface area contributed by atoms with E-state index in [1.54, 1.807) is 0 Å². The fourth-order valence-electron chi connectivity index (χ4n) is 4.43. The predicted octanol–water partition coefficient (Wildman–Crippen LogP) is 4.00. The fourth-order valence-corrected chi connectivity index (χ4v) is 4.43. The molecule has 1 fully saturated rings. The number of hydrogen-bond acceptors (Lipinski definition) is 6. The minimum absolute atomic E-state index is 0.0143. The lowest BCUT2D eigenvalue weighted by Gasteiger charge is -2.32. The van der Waals surface area contributed by atoms with E-state index in [9.17, 15) is 9.59 Å². The number of amides is 1. The van der Waals surface area contributed by atoms with Crippen LogP contribution in [0.4, 0.5) is 0 Å². The van der Waals surface area contributed by atoms with Gasteiger partial charge in [-0.3, -0.25) is 9.59 Å². The molecule has 0 aliphatic carbocycles. The van der Waals surface area contributed by atoms with Gasteiger partial charge >= 0.3 is 5.97 Å². The Hall–Kier alpha value is -2.28. The number of benzene rings is 1. The zero-order valence-corrected chi connectivity index (χ0v) is 19.6. The van der Waals surface area contributed by atoms with Crippen molar-refractivity contribution in [1.29, 1.82) is 0 Å². The summed E-state index contributed by atoms with van der Waals surface area (Å²) < 4.78 is 17.2. The third-order valence-electron chi connectivity index (χ3n) is 6.06. The smallest absolute Gasteiger partial charge is 0.303 e. The van der Waals surface area contributed by atoms with E-state index in [1.165, 1.54) is 19.8 Å². The summed E-state index contributed by atoms with van der Waals surface area (Å²) in [6.45, 7) is 7.24. The molecular formula is C25H38N2O5. The van der Waals surface area contributed by atoms with Crippen molar-refractivity contribution in [3.05, 3.63) is 23.8 Å². The van der Waals surface area contributed by atoms with Gasteiger partial charge in [0.15, 0.2) is 11.5 Å². The van der Waals surface area contributed by atoms with Gasteiger partial charge in [0.2, 0.25) is 5.91 Å². The first-order valence-electron chi connectivity index (χ1n) is 12.1. The van der Waals surface area contributed by atoms with Gasteiger partial charge in [0.1, 0.15) is 19.3 Å². The summed E-state index contributed by atoms with van der Waals surface area (Å²) in [6.07, 6.45) is 7.70. The molecule has 0 aromatic heterocycles. The van der Waals surface area contributed by atoms with Gasteiger partial charge in [0.05, 0.1) is 6.04 Å². The van der Waals surface area contributed by atoms with Crippen LogP contribution in [0, 0.1) is 0 Å². The molecule has 2 heterocycles. The molecule has 1 amide bonds. The fraction of sp³-hybridized carbons (Fsp3) is 0.680. The average Bonchev–Trinajstić information content (AvgIpc) is 3.29. The maximum absolute atomic E-state index is 12.8. The lowest BCUT2D eigenvalue weighted by atomic mass is 10.00. The number of hydrogen-bond donors (Lipinski definition) is 1. The minimum atomic E-state index is -0.590. The predicted molar refractivity (Wildman–Crippen MR) is 123 cm³/mol. The molecular weight excluding hydrogens is 408 g/mol. The number of carbonyl (C=O) groups excluding carboxylic acids is 2. The van der Waals surface area contributed by atoms with Crippen LogP contribution < -0.4 is 14.8 Å². The van der Waals surface area contributed by atoms with Gasteiger partial charge < -0.3 is 24.4 Å². The second-order valence-corrected chi connectivity index (χ2v) is 8.78. The molecule has 1 saturated heterocycles. The Bertz CT molecular complexity index is 748. The van der Waals surface area contributed by atoms with Crippen LogP contribution in [-0.2, 0) is 14.3 Å². The number of carbonyl (C=O) groups is 2. The maximum atomic E-state index is 12.8. The number of likely N-dealkylation sites (tertiary alicyclic amines) is 1. The Labute approximate surface area is 191 Å². The van der Waals surface area contributed by atoms with E-state index in [-0.39, 0.29) is 17.9 Å². The second-order valence-electron chi connectivity index (χ2n) is 8.78. The van der Waals surface area contributed by atoms with E-state index in [1.807, 2.05) is 18.2 Å². The Morgan fingerprint density at radius 2 is 1.78 bits per heavy atom. The molecule has 32 heavy (non-hydrogen) atoms. The average molecular weight is 447 g/mol. The molecule has 0 spiro atoms. The molecule has 2 atom stereocenters. The number of unbranched alkanes of at least 4 members (excludes halogenated alkanes) is 4. The summed E-state index contributed by atoms with van der Waals surface area (Å²) in [5.74, 6) is 0.979. The first-order chi connectivity index (χ1) is 15.6. The topological polar surface area (TPSA) is 77.1 Å². The Kier molecular flexibility index (Phi) is 9.65. The Balaban J connectivity index is 1.74. The van der Waals surface area contributed by atoms with Crippen LogP contribution in [0.25, 0.3) is 0 Å². The highest BCUT2D eigenvalue weighted by molar-refractivity contribution is 5.76. The maximum Gasteiger partial charge on any atom is 0.303 e. The molecule has 1 aromatic rings. The number of fused-ring (bicyclic) bond motifs is 1. The molecule has 2 aliphatic rings. The molecule has 178 valence electrons. The van der Waals surface area contributed by atoms with Gasteiger partial charge in [-0.15, -0.1) is 0 Å². The molecule has 2 unspecified atom stereocenters. The first kappa shape index (κ1) is 24.4. The van der Waals surface area contributed by atoms with Gasteiger partial charge in [-0.05, 0) is 50.0 Å². The normalized spacial score (nSPS) is 17.6. The van der Waals surface area contributed by atoms with E-state index < -0.39 is 6.10 Å². The Morgan fingerprint density at radius 1 is 1.06 bits per heavy atom. The van der Waals surface area contributed by atoms with E-state index in [0.29, 0.717) is 37.7 Å². The summed E-state index contributed by atoms with van der Waals surface area (Å²) in [6, 6.07) is 5.29. The van der Waals surface area contributed by atoms with Gasteiger partial charge in [0, 0.05) is 19.9 Å². The zero-order chi connectivity index (χ0) is 22.8. The van der Waals surface area contributed by atoms with Crippen LogP contribution in [0.1, 0.15) is 76.9 Å². The SMILES string of the molecule is CCCCCCCC(=O)NC(CN1CCCC1)C(OC(C)=O)c1ccc2c(c1)OCCO2. The first-order valence-corrected chi connectivity index (χ1v) is 12.1. The lowest BCUT2D eigenvalue weighted by Crippen LogP contribution is -2.47. The van der Waals surface area contributed by atoms with Crippen LogP contribution in [0.15, 0.2) is 18.2 Å². The molecule has 3 rings (SSSR count). The quantitative estimate of drug-likeness (QED) is 0.386. The standard InChI is InChI=1S/C25H38N2O5/c1-3-4-5-6-7-10-24(29)26-21(18-27-13-8-9-14-27)25(32-19(2)28)20-11-12-22-23(17-20)31-16-15-30-22/h11-12,17,21,25H,3-10,13-16,18H2,1-2H3,(H,26,29). The van der Waals surface area contributed by atoms with E-state index >= 15 is 0 Å². The van der Waals surface area contributed by atoms with Gasteiger partial charge in [0.25, 0.3) is 0 Å². The van der Waals surface area contributed by atoms with Crippen molar-refractivity contribution in [3.8, 4) is 11.5 Å². The molecule has 2 aliphatic heterocycles. The van der Waals surface area contributed by atoms with Crippen molar-refractivity contribution in [3.63, 3.8) is 0 Å². The van der Waals surface area contributed by atoms with Crippen molar-refractivity contribution < 1.29 is 23.8 Å². The van der Waals surface area contributed by atoms with Gasteiger partial charge in [-0.2, -0.15) is 0 Å². The summed E-state index contributed by atoms with van der Waals surface area (Å²) in [5.41, 5.74) is 0.803. The second kappa shape index (κ2) is 12.7. The molecule has 0 saturated carbocycles. The van der Waals surface area contributed by atoms with Crippen molar-refractivity contribution in [2.45, 2.75) is 77.4 Å². The van der Waals surface area contributed by atoms with Crippen molar-refractivity contribution in [2.24, 2.45) is 0 Å². The molecule has 7 nitrogen and oxygen atoms in total. The highest BCUT2D eigenvalue weighted by Crippen LogP contribution is 2.35. The van der Waals surface area contributed by atoms with Gasteiger partial charge in [-0.1, -0.05) is 38.7 Å². The van der Waals surface area contributed by atoms with Crippen LogP contribution >= 0.6 is 0 Å². The zero-order valence-electron chi connectivity index (χ0n) is 19.6. The molecule has 0 bridgehead atoms. The number of esters is 1. The molecule has 0 radical (unpaired) electrons. The van der Waals surface area contributed by atoms with Gasteiger partial charge in [-0.25, -0.2) is 0 Å². The lowest BCUT2D eigenvalue weighted by molar-refractivity contribution is -0.149. The van der Waals surface area contributed by atoms with E-state index in [0.717, 1.165) is 50.8 Å². The third kappa shape index (κ3) is 7.40. The third-order valence-corrected chi connectivity index (χ3v) is 6.06. The highest BCUT2D eigenvalue weighted by atomic mass is 16.6. The number of rotatable bonds is 12. The van der Waals surface area contributed by atoms with Crippen LogP contribution in [0.3, 0.4) is 0 Å². The summed E-state index contributed by atoms with van der Waals surface area (Å²) in [4.78, 5) is 27.1.